The largest absolute Gasteiger partial charge is 0.493 e. The molecule has 3 rings (SSSR count). The second kappa shape index (κ2) is 8.19. The van der Waals surface area contributed by atoms with Gasteiger partial charge >= 0.3 is 0 Å². The highest BCUT2D eigenvalue weighted by atomic mass is 16.5. The smallest absolute Gasteiger partial charge is 0.164 e. The summed E-state index contributed by atoms with van der Waals surface area (Å²) in [6, 6.07) is 9.95. The molecule has 1 aliphatic rings. The molecule has 0 spiro atoms. The van der Waals surface area contributed by atoms with Crippen LogP contribution in [0.2, 0.25) is 0 Å². The van der Waals surface area contributed by atoms with Gasteiger partial charge in [-0.15, -0.1) is 0 Å². The van der Waals surface area contributed by atoms with Crippen molar-refractivity contribution in [3.63, 3.8) is 0 Å². The first-order valence-corrected chi connectivity index (χ1v) is 8.53. The highest BCUT2D eigenvalue weighted by Gasteiger charge is 2.23. The summed E-state index contributed by atoms with van der Waals surface area (Å²) in [5.41, 5.74) is 2.19. The number of methoxy groups -OCH3 is 4. The van der Waals surface area contributed by atoms with Crippen LogP contribution in [0.15, 0.2) is 30.3 Å². The minimum absolute atomic E-state index is 0.0883. The van der Waals surface area contributed by atoms with Gasteiger partial charge < -0.3 is 29.0 Å². The van der Waals surface area contributed by atoms with Gasteiger partial charge in [0.05, 0.1) is 28.4 Å². The summed E-state index contributed by atoms with van der Waals surface area (Å²) in [7, 11) is 6.54. The summed E-state index contributed by atoms with van der Waals surface area (Å²) < 4.78 is 27.5. The van der Waals surface area contributed by atoms with E-state index in [9.17, 15) is 0 Å². The summed E-state index contributed by atoms with van der Waals surface area (Å²) in [4.78, 5) is 0. The van der Waals surface area contributed by atoms with Crippen molar-refractivity contribution < 1.29 is 23.7 Å². The molecule has 2 aromatic carbocycles. The Hall–Kier alpha value is -2.60. The van der Waals surface area contributed by atoms with Crippen molar-refractivity contribution in [3.8, 4) is 28.7 Å². The molecule has 1 atom stereocenters. The average molecular weight is 359 g/mol. The van der Waals surface area contributed by atoms with E-state index in [1.54, 1.807) is 28.4 Å². The first-order chi connectivity index (χ1) is 12.7. The second-order valence-electron chi connectivity index (χ2n) is 5.99. The molecule has 0 aliphatic carbocycles. The Labute approximate surface area is 154 Å². The standard InChI is InChI=1S/C20H25NO5/c1-22-16-6-5-13(10-18(16)23-2)9-15-14-11-19(24-3)20(25-4)12-17(14)26-8-7-21-15/h5-6,10-12,15,21H,7-9H2,1-4H3. The van der Waals surface area contributed by atoms with Gasteiger partial charge in [-0.25, -0.2) is 0 Å². The van der Waals surface area contributed by atoms with Gasteiger partial charge in [0.25, 0.3) is 0 Å². The molecule has 1 aliphatic heterocycles. The van der Waals surface area contributed by atoms with Crippen molar-refractivity contribution in [1.82, 2.24) is 5.32 Å². The van der Waals surface area contributed by atoms with Gasteiger partial charge in [0, 0.05) is 24.2 Å². The van der Waals surface area contributed by atoms with Crippen LogP contribution in [0.5, 0.6) is 28.7 Å². The van der Waals surface area contributed by atoms with Crippen molar-refractivity contribution in [2.75, 3.05) is 41.6 Å². The third kappa shape index (κ3) is 3.65. The number of ether oxygens (including phenoxy) is 5. The second-order valence-corrected chi connectivity index (χ2v) is 5.99. The zero-order chi connectivity index (χ0) is 18.5. The molecule has 26 heavy (non-hydrogen) atoms. The third-order valence-electron chi connectivity index (χ3n) is 4.53. The molecule has 0 bridgehead atoms. The number of nitrogens with one attached hydrogen (secondary N) is 1. The van der Waals surface area contributed by atoms with Crippen LogP contribution in [0, 0.1) is 0 Å². The van der Waals surface area contributed by atoms with Crippen molar-refractivity contribution in [2.45, 2.75) is 12.5 Å². The summed E-state index contributed by atoms with van der Waals surface area (Å²) >= 11 is 0. The van der Waals surface area contributed by atoms with E-state index in [1.165, 1.54) is 0 Å². The summed E-state index contributed by atoms with van der Waals surface area (Å²) in [5, 5.41) is 3.55. The van der Waals surface area contributed by atoms with Gasteiger partial charge in [0.15, 0.2) is 23.0 Å². The summed E-state index contributed by atoms with van der Waals surface area (Å²) in [5.74, 6) is 3.62. The van der Waals surface area contributed by atoms with Gasteiger partial charge in [-0.05, 0) is 30.2 Å². The lowest BCUT2D eigenvalue weighted by Crippen LogP contribution is -2.24. The Kier molecular flexibility index (Phi) is 5.73. The molecule has 2 aromatic rings. The first kappa shape index (κ1) is 18.2. The Morgan fingerprint density at radius 2 is 1.54 bits per heavy atom. The van der Waals surface area contributed by atoms with Crippen molar-refractivity contribution in [1.29, 1.82) is 0 Å². The molecule has 140 valence electrons. The molecule has 1 unspecified atom stereocenters. The predicted octanol–water partition coefficient (Wildman–Crippen LogP) is 2.99. The van der Waals surface area contributed by atoms with Crippen LogP contribution in [0.3, 0.4) is 0 Å². The van der Waals surface area contributed by atoms with Gasteiger partial charge in [0.1, 0.15) is 12.4 Å². The van der Waals surface area contributed by atoms with Crippen LogP contribution >= 0.6 is 0 Å². The fourth-order valence-electron chi connectivity index (χ4n) is 3.20. The fraction of sp³-hybridized carbons (Fsp3) is 0.400. The zero-order valence-corrected chi connectivity index (χ0v) is 15.6. The van der Waals surface area contributed by atoms with Crippen LogP contribution < -0.4 is 29.0 Å². The van der Waals surface area contributed by atoms with Crippen LogP contribution in [0.4, 0.5) is 0 Å². The Bertz CT molecular complexity index is 762. The lowest BCUT2D eigenvalue weighted by atomic mass is 9.97. The third-order valence-corrected chi connectivity index (χ3v) is 4.53. The van der Waals surface area contributed by atoms with E-state index >= 15 is 0 Å². The maximum atomic E-state index is 5.90. The monoisotopic (exact) mass is 359 g/mol. The molecule has 0 radical (unpaired) electrons. The Morgan fingerprint density at radius 3 is 2.23 bits per heavy atom. The molecule has 0 aromatic heterocycles. The molecular weight excluding hydrogens is 334 g/mol. The first-order valence-electron chi connectivity index (χ1n) is 8.53. The number of fused-ring (bicyclic) bond motifs is 1. The number of benzene rings is 2. The maximum Gasteiger partial charge on any atom is 0.164 e. The van der Waals surface area contributed by atoms with Gasteiger partial charge in [-0.2, -0.15) is 0 Å². The van der Waals surface area contributed by atoms with Gasteiger partial charge in [-0.3, -0.25) is 0 Å². The van der Waals surface area contributed by atoms with Gasteiger partial charge in [0.2, 0.25) is 0 Å². The predicted molar refractivity (Wildman–Crippen MR) is 99.0 cm³/mol. The molecule has 1 N–H and O–H groups in total. The summed E-state index contributed by atoms with van der Waals surface area (Å²) in [6.07, 6.45) is 0.784. The molecule has 0 saturated heterocycles. The average Bonchev–Trinajstić information content (AvgIpc) is 2.88. The molecule has 6 nitrogen and oxygen atoms in total. The van der Waals surface area contributed by atoms with E-state index in [0.29, 0.717) is 18.1 Å². The van der Waals surface area contributed by atoms with E-state index in [1.807, 2.05) is 24.3 Å². The molecule has 0 amide bonds. The van der Waals surface area contributed by atoms with E-state index < -0.39 is 0 Å². The minimum Gasteiger partial charge on any atom is -0.493 e. The maximum absolute atomic E-state index is 5.90. The highest BCUT2D eigenvalue weighted by molar-refractivity contribution is 5.52. The lowest BCUT2D eigenvalue weighted by Gasteiger charge is -2.20. The molecule has 1 heterocycles. The SMILES string of the molecule is COc1ccc(CC2NCCOc3cc(OC)c(OC)cc32)cc1OC. The quantitative estimate of drug-likeness (QED) is 0.856. The van der Waals surface area contributed by atoms with Crippen LogP contribution in [0.1, 0.15) is 17.2 Å². The van der Waals surface area contributed by atoms with E-state index in [4.69, 9.17) is 23.7 Å². The topological polar surface area (TPSA) is 58.2 Å². The van der Waals surface area contributed by atoms with E-state index in [-0.39, 0.29) is 6.04 Å². The molecule has 0 fully saturated rings. The Balaban J connectivity index is 1.94. The fourth-order valence-corrected chi connectivity index (χ4v) is 3.20. The van der Waals surface area contributed by atoms with Crippen molar-refractivity contribution in [2.24, 2.45) is 0 Å². The number of hydrogen-bond donors (Lipinski definition) is 1. The summed E-state index contributed by atoms with van der Waals surface area (Å²) in [6.45, 7) is 1.36. The highest BCUT2D eigenvalue weighted by Crippen LogP contribution is 2.39. The number of rotatable bonds is 6. The van der Waals surface area contributed by atoms with E-state index in [2.05, 4.69) is 11.4 Å². The van der Waals surface area contributed by atoms with E-state index in [0.717, 1.165) is 41.3 Å². The molecule has 0 saturated carbocycles. The van der Waals surface area contributed by atoms with Crippen LogP contribution in [-0.4, -0.2) is 41.6 Å². The van der Waals surface area contributed by atoms with Gasteiger partial charge in [-0.1, -0.05) is 6.07 Å². The van der Waals surface area contributed by atoms with Crippen LogP contribution in [0.25, 0.3) is 0 Å². The van der Waals surface area contributed by atoms with Crippen LogP contribution in [-0.2, 0) is 6.42 Å². The van der Waals surface area contributed by atoms with Crippen molar-refractivity contribution in [3.05, 3.63) is 41.5 Å². The molecule has 6 heteroatoms. The molecular formula is C20H25NO5. The lowest BCUT2D eigenvalue weighted by molar-refractivity contribution is 0.317. The number of hydrogen-bond acceptors (Lipinski definition) is 6. The minimum atomic E-state index is 0.0883. The Morgan fingerprint density at radius 1 is 0.885 bits per heavy atom. The normalized spacial score (nSPS) is 16.1. The van der Waals surface area contributed by atoms with Crippen molar-refractivity contribution >= 4 is 0 Å². The zero-order valence-electron chi connectivity index (χ0n) is 15.6.